The molecule has 4 heteroatoms. The van der Waals surface area contributed by atoms with Crippen LogP contribution in [0.2, 0.25) is 0 Å². The Kier molecular flexibility index (Phi) is 3.71. The third kappa shape index (κ3) is 2.18. The fourth-order valence-electron chi connectivity index (χ4n) is 1.87. The van der Waals surface area contributed by atoms with Gasteiger partial charge in [0, 0.05) is 11.8 Å². The van der Waals surface area contributed by atoms with Gasteiger partial charge in [-0.15, -0.1) is 0 Å². The molecule has 1 aromatic heterocycles. The summed E-state index contributed by atoms with van der Waals surface area (Å²) in [5.41, 5.74) is 2.33. The number of imidazole rings is 1. The zero-order valence-corrected chi connectivity index (χ0v) is 11.2. The number of thioether (sulfide) groups is 1. The van der Waals surface area contributed by atoms with Crippen LogP contribution in [0, 0.1) is 4.77 Å². The summed E-state index contributed by atoms with van der Waals surface area (Å²) in [7, 11) is 0. The van der Waals surface area contributed by atoms with Crippen LogP contribution >= 0.6 is 24.0 Å². The van der Waals surface area contributed by atoms with Gasteiger partial charge in [-0.05, 0) is 37.0 Å². The summed E-state index contributed by atoms with van der Waals surface area (Å²) in [4.78, 5) is 3.25. The number of nitrogens with zero attached hydrogens (tertiary/aromatic N) is 1. The highest BCUT2D eigenvalue weighted by molar-refractivity contribution is 7.99. The van der Waals surface area contributed by atoms with Gasteiger partial charge in [0.25, 0.3) is 0 Å². The molecule has 0 amide bonds. The molecule has 2 aromatic rings. The topological polar surface area (TPSA) is 20.7 Å². The number of H-pyrrole nitrogens is 1. The predicted octanol–water partition coefficient (Wildman–Crippen LogP) is 4.01. The second-order valence-corrected chi connectivity index (χ2v) is 5.53. The number of para-hydroxylation sites is 2. The lowest BCUT2D eigenvalue weighted by atomic mass is 10.3. The van der Waals surface area contributed by atoms with Crippen LogP contribution in [0.5, 0.6) is 0 Å². The molecule has 1 aromatic carbocycles. The maximum absolute atomic E-state index is 5.38. The lowest BCUT2D eigenvalue weighted by Gasteiger charge is -2.13. The molecule has 0 radical (unpaired) electrons. The van der Waals surface area contributed by atoms with E-state index in [-0.39, 0.29) is 0 Å². The van der Waals surface area contributed by atoms with E-state index in [0.717, 1.165) is 21.8 Å². The minimum Gasteiger partial charge on any atom is -0.331 e. The van der Waals surface area contributed by atoms with Crippen LogP contribution in [0.25, 0.3) is 11.0 Å². The van der Waals surface area contributed by atoms with Crippen LogP contribution in [0.3, 0.4) is 0 Å². The fourth-order valence-corrected chi connectivity index (χ4v) is 2.99. The molecule has 0 bridgehead atoms. The van der Waals surface area contributed by atoms with E-state index in [9.17, 15) is 0 Å². The first-order valence-corrected chi connectivity index (χ1v) is 7.07. The van der Waals surface area contributed by atoms with E-state index in [1.165, 1.54) is 5.52 Å². The van der Waals surface area contributed by atoms with E-state index in [2.05, 4.69) is 41.6 Å². The Bertz CT molecular complexity index is 527. The van der Waals surface area contributed by atoms with Gasteiger partial charge >= 0.3 is 0 Å². The van der Waals surface area contributed by atoms with Gasteiger partial charge < -0.3 is 9.55 Å². The smallest absolute Gasteiger partial charge is 0.178 e. The maximum Gasteiger partial charge on any atom is 0.178 e. The van der Waals surface area contributed by atoms with Gasteiger partial charge in [0.2, 0.25) is 0 Å². The van der Waals surface area contributed by atoms with E-state index >= 15 is 0 Å². The van der Waals surface area contributed by atoms with E-state index in [1.54, 1.807) is 0 Å². The summed E-state index contributed by atoms with van der Waals surface area (Å²) >= 11 is 7.33. The van der Waals surface area contributed by atoms with Gasteiger partial charge in [0.05, 0.1) is 11.0 Å². The van der Waals surface area contributed by atoms with E-state index in [4.69, 9.17) is 12.2 Å². The number of benzene rings is 1. The number of hydrogen-bond acceptors (Lipinski definition) is 2. The first-order valence-electron chi connectivity index (χ1n) is 5.51. The summed E-state index contributed by atoms with van der Waals surface area (Å²) in [6.45, 7) is 4.41. The molecule has 1 unspecified atom stereocenters. The number of aromatic amines is 1. The number of hydrogen-bond donors (Lipinski definition) is 1. The van der Waals surface area contributed by atoms with E-state index in [0.29, 0.717) is 6.04 Å². The molecule has 86 valence electrons. The van der Waals surface area contributed by atoms with Crippen molar-refractivity contribution in [3.63, 3.8) is 0 Å². The minimum atomic E-state index is 0.439. The van der Waals surface area contributed by atoms with Crippen LogP contribution in [0.4, 0.5) is 0 Å². The molecule has 0 saturated heterocycles. The molecule has 0 saturated carbocycles. The van der Waals surface area contributed by atoms with Gasteiger partial charge in [0.1, 0.15) is 0 Å². The van der Waals surface area contributed by atoms with E-state index in [1.807, 2.05) is 17.8 Å². The molecule has 1 heterocycles. The quantitative estimate of drug-likeness (QED) is 0.830. The highest BCUT2D eigenvalue weighted by Crippen LogP contribution is 2.21. The largest absolute Gasteiger partial charge is 0.331 e. The molecule has 16 heavy (non-hydrogen) atoms. The van der Waals surface area contributed by atoms with E-state index < -0.39 is 0 Å². The summed E-state index contributed by atoms with van der Waals surface area (Å²) in [6, 6.07) is 8.72. The zero-order chi connectivity index (χ0) is 11.5. The van der Waals surface area contributed by atoms with Gasteiger partial charge in [-0.25, -0.2) is 0 Å². The molecule has 0 spiro atoms. The molecule has 1 N–H and O–H groups in total. The summed E-state index contributed by atoms with van der Waals surface area (Å²) in [5.74, 6) is 2.26. The van der Waals surface area contributed by atoms with Gasteiger partial charge in [-0.3, -0.25) is 0 Å². The monoisotopic (exact) mass is 252 g/mol. The Morgan fingerprint density at radius 1 is 1.44 bits per heavy atom. The molecule has 2 nitrogen and oxygen atoms in total. The summed E-state index contributed by atoms with van der Waals surface area (Å²) in [6.07, 6.45) is 0. The van der Waals surface area contributed by atoms with Crippen molar-refractivity contribution in [3.05, 3.63) is 29.0 Å². The standard InChI is InChI=1S/C12H16N2S2/c1-3-16-8-9(2)14-11-7-5-4-6-10(11)13-12(14)15/h4-7,9H,3,8H2,1-2H3,(H,13,15). The van der Waals surface area contributed by atoms with Crippen molar-refractivity contribution < 1.29 is 0 Å². The van der Waals surface area contributed by atoms with Crippen molar-refractivity contribution in [3.8, 4) is 0 Å². The van der Waals surface area contributed by atoms with Crippen LogP contribution in [0.15, 0.2) is 24.3 Å². The average molecular weight is 252 g/mol. The highest BCUT2D eigenvalue weighted by Gasteiger charge is 2.10. The molecular formula is C12H16N2S2. The number of aromatic nitrogens is 2. The van der Waals surface area contributed by atoms with Crippen LogP contribution < -0.4 is 0 Å². The van der Waals surface area contributed by atoms with Crippen molar-refractivity contribution in [1.82, 2.24) is 9.55 Å². The predicted molar refractivity (Wildman–Crippen MR) is 74.8 cm³/mol. The van der Waals surface area contributed by atoms with Crippen LogP contribution in [-0.2, 0) is 0 Å². The first-order chi connectivity index (χ1) is 7.74. The second kappa shape index (κ2) is 5.06. The van der Waals surface area contributed by atoms with Crippen molar-refractivity contribution in [2.24, 2.45) is 0 Å². The van der Waals surface area contributed by atoms with Crippen molar-refractivity contribution in [2.75, 3.05) is 11.5 Å². The number of fused-ring (bicyclic) bond motifs is 1. The lowest BCUT2D eigenvalue weighted by Crippen LogP contribution is -2.07. The minimum absolute atomic E-state index is 0.439. The van der Waals surface area contributed by atoms with Crippen molar-refractivity contribution in [1.29, 1.82) is 0 Å². The highest BCUT2D eigenvalue weighted by atomic mass is 32.2. The van der Waals surface area contributed by atoms with Gasteiger partial charge in [-0.2, -0.15) is 11.8 Å². The molecule has 2 rings (SSSR count). The number of rotatable bonds is 4. The molecule has 0 aliphatic carbocycles. The second-order valence-electron chi connectivity index (χ2n) is 3.83. The third-order valence-electron chi connectivity index (χ3n) is 2.63. The Labute approximate surface area is 105 Å². The average Bonchev–Trinajstić information content (AvgIpc) is 2.62. The Morgan fingerprint density at radius 2 is 2.19 bits per heavy atom. The van der Waals surface area contributed by atoms with Gasteiger partial charge in [0.15, 0.2) is 4.77 Å². The summed E-state index contributed by atoms with van der Waals surface area (Å²) in [5, 5.41) is 0. The SMILES string of the molecule is CCSCC(C)n1c(=S)[nH]c2ccccc21. The van der Waals surface area contributed by atoms with Crippen molar-refractivity contribution in [2.45, 2.75) is 19.9 Å². The van der Waals surface area contributed by atoms with Crippen molar-refractivity contribution >= 4 is 35.0 Å². The molecule has 0 aliphatic heterocycles. The Hall–Kier alpha value is -0.740. The molecular weight excluding hydrogens is 236 g/mol. The molecule has 0 aliphatic rings. The normalized spacial score (nSPS) is 13.1. The molecule has 1 atom stereocenters. The maximum atomic E-state index is 5.38. The zero-order valence-electron chi connectivity index (χ0n) is 9.56. The number of nitrogens with one attached hydrogen (secondary N) is 1. The Morgan fingerprint density at radius 3 is 2.94 bits per heavy atom. The first kappa shape index (κ1) is 11.7. The summed E-state index contributed by atoms with van der Waals surface area (Å²) < 4.78 is 3.04. The Balaban J connectivity index is 2.43. The van der Waals surface area contributed by atoms with Crippen LogP contribution in [0.1, 0.15) is 19.9 Å². The van der Waals surface area contributed by atoms with Gasteiger partial charge in [-0.1, -0.05) is 19.1 Å². The molecule has 0 fully saturated rings. The fraction of sp³-hybridized carbons (Fsp3) is 0.417. The third-order valence-corrected chi connectivity index (χ3v) is 4.05. The lowest BCUT2D eigenvalue weighted by molar-refractivity contribution is 0.619. The van der Waals surface area contributed by atoms with Crippen LogP contribution in [-0.4, -0.2) is 21.1 Å².